The quantitative estimate of drug-likeness (QED) is 0.690. The van der Waals surface area contributed by atoms with Gasteiger partial charge in [-0.15, -0.1) is 0 Å². The first-order chi connectivity index (χ1) is 10.5. The minimum absolute atomic E-state index is 0.0951. The van der Waals surface area contributed by atoms with Gasteiger partial charge in [0.1, 0.15) is 5.75 Å². The van der Waals surface area contributed by atoms with E-state index >= 15 is 0 Å². The van der Waals surface area contributed by atoms with Gasteiger partial charge in [0.15, 0.2) is 0 Å². The Balaban J connectivity index is 2.10. The van der Waals surface area contributed by atoms with Crippen molar-refractivity contribution in [1.29, 1.82) is 0 Å². The minimum Gasteiger partial charge on any atom is -0.496 e. The molecule has 3 nitrogen and oxygen atoms in total. The molecule has 1 heterocycles. The molecule has 22 heavy (non-hydrogen) atoms. The normalized spacial score (nSPS) is 14.9. The van der Waals surface area contributed by atoms with Gasteiger partial charge in [-0.3, -0.25) is 4.79 Å². The van der Waals surface area contributed by atoms with Crippen molar-refractivity contribution in [1.82, 2.24) is 0 Å². The molecule has 1 aliphatic rings. The number of nitrogens with one attached hydrogen (secondary N) is 1. The maximum atomic E-state index is 12.3. The van der Waals surface area contributed by atoms with Gasteiger partial charge in [-0.1, -0.05) is 22.0 Å². The van der Waals surface area contributed by atoms with Crippen LogP contribution in [0, 0.1) is 6.92 Å². The average Bonchev–Trinajstić information content (AvgIpc) is 2.77. The van der Waals surface area contributed by atoms with E-state index in [4.69, 9.17) is 4.74 Å². The fourth-order valence-electron chi connectivity index (χ4n) is 2.52. The molecule has 2 aromatic rings. The summed E-state index contributed by atoms with van der Waals surface area (Å²) < 4.78 is 7.05. The second-order valence-corrected chi connectivity index (χ2v) is 6.82. The highest BCUT2D eigenvalue weighted by Crippen LogP contribution is 2.40. The lowest BCUT2D eigenvalue weighted by Crippen LogP contribution is -2.03. The zero-order valence-corrected chi connectivity index (χ0v) is 15.2. The molecule has 0 atom stereocenters. The zero-order valence-electron chi connectivity index (χ0n) is 12.0. The summed E-state index contributed by atoms with van der Waals surface area (Å²) in [6.07, 6.45) is 1.90. The van der Waals surface area contributed by atoms with Gasteiger partial charge in [0.25, 0.3) is 5.91 Å². The van der Waals surface area contributed by atoms with Crippen molar-refractivity contribution in [2.75, 3.05) is 12.4 Å². The maximum Gasteiger partial charge on any atom is 0.256 e. The largest absolute Gasteiger partial charge is 0.496 e. The van der Waals surface area contributed by atoms with Crippen LogP contribution in [0.4, 0.5) is 5.69 Å². The Kier molecular flexibility index (Phi) is 4.10. The molecular weight excluding hydrogens is 410 g/mol. The van der Waals surface area contributed by atoms with Crippen LogP contribution in [0.2, 0.25) is 0 Å². The minimum atomic E-state index is -0.0951. The summed E-state index contributed by atoms with van der Waals surface area (Å²) in [5.74, 6) is 0.742. The van der Waals surface area contributed by atoms with E-state index < -0.39 is 0 Å². The van der Waals surface area contributed by atoms with E-state index in [1.807, 2.05) is 43.3 Å². The molecule has 0 aromatic heterocycles. The summed E-state index contributed by atoms with van der Waals surface area (Å²) in [7, 11) is 1.65. The number of carbonyl (C=O) groups is 1. The fourth-order valence-corrected chi connectivity index (χ4v) is 3.84. The maximum absolute atomic E-state index is 12.3. The number of hydrogen-bond donors (Lipinski definition) is 1. The second-order valence-electron chi connectivity index (χ2n) is 5.05. The number of carbonyl (C=O) groups excluding carboxylic acids is 1. The molecule has 112 valence electrons. The van der Waals surface area contributed by atoms with Gasteiger partial charge in [-0.25, -0.2) is 0 Å². The summed E-state index contributed by atoms with van der Waals surface area (Å²) in [5, 5.41) is 2.90. The fraction of sp³-hybridized carbons (Fsp3) is 0.118. The number of anilines is 1. The van der Waals surface area contributed by atoms with E-state index in [1.165, 1.54) is 0 Å². The Morgan fingerprint density at radius 2 is 1.95 bits per heavy atom. The van der Waals surface area contributed by atoms with Gasteiger partial charge in [0.05, 0.1) is 12.8 Å². The predicted octanol–water partition coefficient (Wildman–Crippen LogP) is 5.02. The van der Waals surface area contributed by atoms with Crippen LogP contribution in [-0.4, -0.2) is 13.0 Å². The van der Waals surface area contributed by atoms with Gasteiger partial charge >= 0.3 is 0 Å². The molecule has 2 aromatic carbocycles. The number of hydrogen-bond acceptors (Lipinski definition) is 2. The lowest BCUT2D eigenvalue weighted by atomic mass is 10.0. The summed E-state index contributed by atoms with van der Waals surface area (Å²) >= 11 is 6.95. The van der Waals surface area contributed by atoms with Gasteiger partial charge in [0, 0.05) is 20.1 Å². The van der Waals surface area contributed by atoms with Crippen molar-refractivity contribution in [3.63, 3.8) is 0 Å². The number of fused-ring (bicyclic) bond motifs is 1. The van der Waals surface area contributed by atoms with Crippen LogP contribution in [0.15, 0.2) is 39.3 Å². The molecule has 3 rings (SSSR count). The lowest BCUT2D eigenvalue weighted by Gasteiger charge is -2.06. The highest BCUT2D eigenvalue weighted by atomic mass is 79.9. The van der Waals surface area contributed by atoms with Crippen LogP contribution in [0.5, 0.6) is 5.75 Å². The Hall–Kier alpha value is -1.59. The average molecular weight is 423 g/mol. The van der Waals surface area contributed by atoms with E-state index in [0.29, 0.717) is 5.57 Å². The van der Waals surface area contributed by atoms with E-state index in [2.05, 4.69) is 37.2 Å². The molecule has 0 fully saturated rings. The Labute approximate surface area is 145 Å². The smallest absolute Gasteiger partial charge is 0.256 e. The van der Waals surface area contributed by atoms with Gasteiger partial charge in [-0.05, 0) is 64.3 Å². The molecule has 0 unspecified atom stereocenters. The van der Waals surface area contributed by atoms with Crippen molar-refractivity contribution in [3.05, 3.63) is 56.0 Å². The molecule has 0 saturated heterocycles. The molecule has 0 spiro atoms. The van der Waals surface area contributed by atoms with Crippen LogP contribution in [0.25, 0.3) is 11.6 Å². The van der Waals surface area contributed by atoms with Crippen LogP contribution >= 0.6 is 31.9 Å². The molecule has 1 N–H and O–H groups in total. The molecule has 1 aliphatic heterocycles. The summed E-state index contributed by atoms with van der Waals surface area (Å²) in [4.78, 5) is 12.3. The van der Waals surface area contributed by atoms with Crippen molar-refractivity contribution < 1.29 is 9.53 Å². The predicted molar refractivity (Wildman–Crippen MR) is 96.1 cm³/mol. The molecule has 1 amide bonds. The van der Waals surface area contributed by atoms with E-state index in [9.17, 15) is 4.79 Å². The summed E-state index contributed by atoms with van der Waals surface area (Å²) in [5.41, 5.74) is 4.35. The monoisotopic (exact) mass is 421 g/mol. The highest BCUT2D eigenvalue weighted by molar-refractivity contribution is 9.11. The first-order valence-corrected chi connectivity index (χ1v) is 8.25. The van der Waals surface area contributed by atoms with Crippen LogP contribution in [0.1, 0.15) is 16.7 Å². The van der Waals surface area contributed by atoms with Gasteiger partial charge in [-0.2, -0.15) is 0 Å². The number of benzene rings is 2. The summed E-state index contributed by atoms with van der Waals surface area (Å²) in [6.45, 7) is 1.98. The lowest BCUT2D eigenvalue weighted by molar-refractivity contribution is -0.110. The number of halogens is 2. The second kappa shape index (κ2) is 5.89. The van der Waals surface area contributed by atoms with Crippen LogP contribution < -0.4 is 10.1 Å². The molecule has 0 saturated carbocycles. The molecular formula is C17H13Br2NO2. The Morgan fingerprint density at radius 3 is 2.64 bits per heavy atom. The molecule has 5 heteroatoms. The third-order valence-corrected chi connectivity index (χ3v) is 4.64. The van der Waals surface area contributed by atoms with E-state index in [1.54, 1.807) is 7.11 Å². The number of rotatable bonds is 2. The van der Waals surface area contributed by atoms with Gasteiger partial charge in [0.2, 0.25) is 0 Å². The Bertz CT molecular complexity index is 813. The van der Waals surface area contributed by atoms with Crippen molar-refractivity contribution in [3.8, 4) is 5.75 Å². The van der Waals surface area contributed by atoms with Crippen molar-refractivity contribution in [2.45, 2.75) is 6.92 Å². The van der Waals surface area contributed by atoms with Crippen molar-refractivity contribution in [2.24, 2.45) is 0 Å². The van der Waals surface area contributed by atoms with E-state index in [0.717, 1.165) is 37.1 Å². The highest BCUT2D eigenvalue weighted by Gasteiger charge is 2.26. The van der Waals surface area contributed by atoms with Crippen molar-refractivity contribution >= 4 is 55.1 Å². The SMILES string of the molecule is COc1ccc(C=C2C(=O)Nc3c(Br)cc(Br)cc32)cc1C. The third-order valence-electron chi connectivity index (χ3n) is 3.56. The zero-order chi connectivity index (χ0) is 15.9. The van der Waals surface area contributed by atoms with Crippen LogP contribution in [0.3, 0.4) is 0 Å². The first-order valence-electron chi connectivity index (χ1n) is 6.66. The van der Waals surface area contributed by atoms with Crippen LogP contribution in [-0.2, 0) is 4.79 Å². The number of aryl methyl sites for hydroxylation is 1. The van der Waals surface area contributed by atoms with E-state index in [-0.39, 0.29) is 5.91 Å². The summed E-state index contributed by atoms with van der Waals surface area (Å²) in [6, 6.07) is 9.72. The third kappa shape index (κ3) is 2.71. The molecule has 0 aliphatic carbocycles. The molecule has 0 radical (unpaired) electrons. The number of amides is 1. The topological polar surface area (TPSA) is 38.3 Å². The van der Waals surface area contributed by atoms with Gasteiger partial charge < -0.3 is 10.1 Å². The standard InChI is InChI=1S/C17H13Br2NO2/c1-9-5-10(3-4-15(9)22-2)6-13-12-7-11(18)8-14(19)16(12)20-17(13)21/h3-8H,1-2H3,(H,20,21). The first kappa shape index (κ1) is 15.3. The number of methoxy groups -OCH3 is 1. The molecule has 0 bridgehead atoms. The number of ether oxygens (including phenoxy) is 1. The Morgan fingerprint density at radius 1 is 1.18 bits per heavy atom.